The van der Waals surface area contributed by atoms with Crippen molar-refractivity contribution in [3.8, 4) is 6.01 Å². The topological polar surface area (TPSA) is 57.2 Å². The molecule has 6 heteroatoms. The lowest BCUT2D eigenvalue weighted by Gasteiger charge is -2.03. The molecule has 0 saturated carbocycles. The lowest BCUT2D eigenvalue weighted by molar-refractivity contribution is 0.577. The van der Waals surface area contributed by atoms with E-state index in [1.54, 1.807) is 0 Å². The number of fused-ring (bicyclic) bond motifs is 12. The normalized spacial score (nSPS) is 12.5. The summed E-state index contributed by atoms with van der Waals surface area (Å²) in [4.78, 5) is 4.98. The maximum atomic E-state index is 6.60. The quantitative estimate of drug-likeness (QED) is 0.226. The molecule has 4 aromatic heterocycles. The van der Waals surface area contributed by atoms with Crippen LogP contribution in [0.25, 0.3) is 82.8 Å². The molecule has 0 aliphatic carbocycles. The monoisotopic (exact) mass is 498 g/mol. The fraction of sp³-hybridized carbons (Fsp3) is 0. The molecule has 0 spiro atoms. The summed E-state index contributed by atoms with van der Waals surface area (Å²) in [5, 5.41) is 6.75. The highest BCUT2D eigenvalue weighted by Gasteiger charge is 2.23. The minimum atomic E-state index is 0.489. The summed E-state index contributed by atoms with van der Waals surface area (Å²) in [6.07, 6.45) is 0. The van der Waals surface area contributed by atoms with Crippen LogP contribution in [0, 0.1) is 0 Å². The maximum Gasteiger partial charge on any atom is 0.307 e. The van der Waals surface area contributed by atoms with Crippen molar-refractivity contribution < 1.29 is 13.3 Å². The Balaban J connectivity index is 1.48. The molecule has 4 heterocycles. The molecule has 0 saturated heterocycles. The van der Waals surface area contributed by atoms with E-state index < -0.39 is 0 Å². The van der Waals surface area contributed by atoms with Crippen molar-refractivity contribution in [2.24, 2.45) is 0 Å². The van der Waals surface area contributed by atoms with Gasteiger partial charge in [0.15, 0.2) is 5.58 Å². The Morgan fingerprint density at radius 2 is 1.32 bits per heavy atom. The summed E-state index contributed by atoms with van der Waals surface area (Å²) in [6, 6.07) is 30.6. The molecule has 0 aliphatic rings. The van der Waals surface area contributed by atoms with Crippen LogP contribution >= 0.6 is 11.6 Å². The zero-order chi connectivity index (χ0) is 24.2. The predicted octanol–water partition coefficient (Wildman–Crippen LogP) is 9.38. The summed E-state index contributed by atoms with van der Waals surface area (Å²) >= 11 is 6.34. The van der Waals surface area contributed by atoms with E-state index in [4.69, 9.17) is 29.8 Å². The average Bonchev–Trinajstić information content (AvgIpc) is 3.67. The number of benzene rings is 5. The lowest BCUT2D eigenvalue weighted by Crippen LogP contribution is -1.94. The van der Waals surface area contributed by atoms with Crippen LogP contribution < -0.4 is 0 Å². The van der Waals surface area contributed by atoms with Crippen molar-refractivity contribution in [3.63, 3.8) is 0 Å². The molecule has 9 rings (SSSR count). The summed E-state index contributed by atoms with van der Waals surface area (Å²) in [5.74, 6) is 0. The van der Waals surface area contributed by atoms with Crippen LogP contribution in [0.1, 0.15) is 0 Å². The third-order valence-electron chi connectivity index (χ3n) is 7.31. The zero-order valence-electron chi connectivity index (χ0n) is 19.2. The highest BCUT2D eigenvalue weighted by Crippen LogP contribution is 2.42. The third-order valence-corrected chi connectivity index (χ3v) is 7.54. The van der Waals surface area contributed by atoms with Crippen LogP contribution in [0.2, 0.25) is 5.02 Å². The Morgan fingerprint density at radius 1 is 0.595 bits per heavy atom. The van der Waals surface area contributed by atoms with Crippen molar-refractivity contribution in [3.05, 3.63) is 96.0 Å². The number of aromatic nitrogens is 2. The van der Waals surface area contributed by atoms with E-state index in [1.807, 2.05) is 60.7 Å². The second-order valence-corrected chi connectivity index (χ2v) is 9.75. The molecular weight excluding hydrogens is 484 g/mol. The average molecular weight is 499 g/mol. The Bertz CT molecular complexity index is 2390. The van der Waals surface area contributed by atoms with Gasteiger partial charge in [0, 0.05) is 26.6 Å². The van der Waals surface area contributed by atoms with Gasteiger partial charge in [-0.2, -0.15) is 4.98 Å². The molecule has 5 aromatic carbocycles. The number of nitrogens with zero attached hydrogens (tertiary/aromatic N) is 2. The van der Waals surface area contributed by atoms with Gasteiger partial charge in [-0.25, -0.2) is 0 Å². The van der Waals surface area contributed by atoms with Gasteiger partial charge in [0.05, 0.1) is 21.8 Å². The fourth-order valence-electron chi connectivity index (χ4n) is 5.77. The van der Waals surface area contributed by atoms with E-state index in [0.717, 1.165) is 71.2 Å². The molecule has 0 unspecified atom stereocenters. The van der Waals surface area contributed by atoms with Gasteiger partial charge in [-0.05, 0) is 54.6 Å². The van der Waals surface area contributed by atoms with E-state index >= 15 is 0 Å². The van der Waals surface area contributed by atoms with Crippen molar-refractivity contribution in [1.82, 2.24) is 9.55 Å². The Kier molecular flexibility index (Phi) is 3.53. The van der Waals surface area contributed by atoms with E-state index in [-0.39, 0.29) is 0 Å². The van der Waals surface area contributed by atoms with Gasteiger partial charge < -0.3 is 13.3 Å². The number of rotatable bonds is 1. The number of hydrogen-bond donors (Lipinski definition) is 0. The van der Waals surface area contributed by atoms with Crippen LogP contribution in [0.4, 0.5) is 0 Å². The first-order valence-corrected chi connectivity index (χ1v) is 12.4. The van der Waals surface area contributed by atoms with Crippen LogP contribution in [0.3, 0.4) is 0 Å². The molecule has 0 aliphatic heterocycles. The minimum absolute atomic E-state index is 0.489. The van der Waals surface area contributed by atoms with Gasteiger partial charge in [-0.3, -0.25) is 4.57 Å². The molecule has 37 heavy (non-hydrogen) atoms. The lowest BCUT2D eigenvalue weighted by atomic mass is 10.1. The standard InChI is InChI=1S/C31H15ClN2O3/c32-16-9-12-24-20(15-16)28-26(36-24)14-11-21-30(28)37-31(33-21)34-22-7-3-1-5-17(22)18-10-13-25-27(29(18)34)19-6-2-4-8-23(19)35-25/h1-15H. The Morgan fingerprint density at radius 3 is 2.24 bits per heavy atom. The molecule has 0 fully saturated rings. The van der Waals surface area contributed by atoms with Crippen LogP contribution in [-0.4, -0.2) is 9.55 Å². The second-order valence-electron chi connectivity index (χ2n) is 9.31. The van der Waals surface area contributed by atoms with Crippen molar-refractivity contribution in [2.75, 3.05) is 0 Å². The second kappa shape index (κ2) is 6.72. The van der Waals surface area contributed by atoms with E-state index in [0.29, 0.717) is 16.6 Å². The van der Waals surface area contributed by atoms with Crippen LogP contribution in [0.5, 0.6) is 0 Å². The number of para-hydroxylation sites is 2. The van der Waals surface area contributed by atoms with Gasteiger partial charge >= 0.3 is 6.01 Å². The number of oxazole rings is 1. The molecule has 0 atom stereocenters. The SMILES string of the molecule is Clc1ccc2oc3ccc4nc(-n5c6ccccc6c6ccc7oc8ccccc8c7c65)oc4c3c2c1. The number of furan rings is 2. The smallest absolute Gasteiger partial charge is 0.307 e. The fourth-order valence-corrected chi connectivity index (χ4v) is 5.94. The highest BCUT2D eigenvalue weighted by molar-refractivity contribution is 6.32. The molecule has 9 aromatic rings. The molecular formula is C31H15ClN2O3. The predicted molar refractivity (Wildman–Crippen MR) is 148 cm³/mol. The van der Waals surface area contributed by atoms with Crippen molar-refractivity contribution in [1.29, 1.82) is 0 Å². The third kappa shape index (κ3) is 2.46. The van der Waals surface area contributed by atoms with E-state index in [2.05, 4.69) is 34.9 Å². The molecule has 0 amide bonds. The zero-order valence-corrected chi connectivity index (χ0v) is 19.9. The molecule has 0 bridgehead atoms. The van der Waals surface area contributed by atoms with Gasteiger partial charge in [-0.1, -0.05) is 48.0 Å². The van der Waals surface area contributed by atoms with E-state index in [1.165, 1.54) is 0 Å². The minimum Gasteiger partial charge on any atom is -0.456 e. The number of halogens is 1. The maximum absolute atomic E-state index is 6.60. The molecule has 0 N–H and O–H groups in total. The van der Waals surface area contributed by atoms with Crippen molar-refractivity contribution >= 4 is 88.4 Å². The molecule has 174 valence electrons. The first-order chi connectivity index (χ1) is 18.2. The summed E-state index contributed by atoms with van der Waals surface area (Å²) in [7, 11) is 0. The largest absolute Gasteiger partial charge is 0.456 e. The first-order valence-electron chi connectivity index (χ1n) is 12.0. The summed E-state index contributed by atoms with van der Waals surface area (Å²) in [5.41, 5.74) is 6.61. The van der Waals surface area contributed by atoms with Crippen LogP contribution in [0.15, 0.2) is 104 Å². The summed E-state index contributed by atoms with van der Waals surface area (Å²) < 4.78 is 21.0. The van der Waals surface area contributed by atoms with Gasteiger partial charge in [0.25, 0.3) is 0 Å². The summed E-state index contributed by atoms with van der Waals surface area (Å²) in [6.45, 7) is 0. The van der Waals surface area contributed by atoms with Crippen LogP contribution in [-0.2, 0) is 0 Å². The van der Waals surface area contributed by atoms with Gasteiger partial charge in [-0.15, -0.1) is 0 Å². The molecule has 5 nitrogen and oxygen atoms in total. The first kappa shape index (κ1) is 19.4. The van der Waals surface area contributed by atoms with E-state index in [9.17, 15) is 0 Å². The van der Waals surface area contributed by atoms with Crippen molar-refractivity contribution in [2.45, 2.75) is 0 Å². The van der Waals surface area contributed by atoms with Gasteiger partial charge in [0.2, 0.25) is 0 Å². The Hall–Kier alpha value is -4.74. The Labute approximate surface area is 213 Å². The molecule has 0 radical (unpaired) electrons. The number of hydrogen-bond acceptors (Lipinski definition) is 4. The highest BCUT2D eigenvalue weighted by atomic mass is 35.5. The van der Waals surface area contributed by atoms with Gasteiger partial charge in [0.1, 0.15) is 27.8 Å².